The largest absolute Gasteiger partial charge is 0.497 e. The lowest BCUT2D eigenvalue weighted by atomic mass is 9.95. The molecule has 0 radical (unpaired) electrons. The third-order valence-corrected chi connectivity index (χ3v) is 4.24. The summed E-state index contributed by atoms with van der Waals surface area (Å²) in [5.74, 6) is 1.37. The Morgan fingerprint density at radius 2 is 1.96 bits per heavy atom. The Bertz CT molecular complexity index is 898. The standard InChI is InChI=1S/C18H17N5O/c1-12-4-3-5-14(10-12)17-11-16(19-18-20-21-22-23(17)18)13-6-8-15(24-2)9-7-13/h3-10,17H,11H2,1-2H3. The zero-order valence-electron chi connectivity index (χ0n) is 13.5. The minimum atomic E-state index is 0.0458. The van der Waals surface area contributed by atoms with Crippen LogP contribution in [-0.4, -0.2) is 33.0 Å². The molecule has 4 rings (SSSR count). The molecule has 1 aliphatic rings. The molecule has 0 N–H and O–H groups in total. The van der Waals surface area contributed by atoms with Gasteiger partial charge in [-0.1, -0.05) is 34.9 Å². The molecule has 6 nitrogen and oxygen atoms in total. The minimum Gasteiger partial charge on any atom is -0.497 e. The quantitative estimate of drug-likeness (QED) is 0.744. The van der Waals surface area contributed by atoms with Gasteiger partial charge in [-0.05, 0) is 52.7 Å². The van der Waals surface area contributed by atoms with Crippen molar-refractivity contribution in [3.63, 3.8) is 0 Å². The van der Waals surface area contributed by atoms with Crippen molar-refractivity contribution in [1.82, 2.24) is 20.2 Å². The van der Waals surface area contributed by atoms with E-state index >= 15 is 0 Å². The van der Waals surface area contributed by atoms with Crippen LogP contribution in [0, 0.1) is 6.92 Å². The Kier molecular flexibility index (Phi) is 3.57. The number of methoxy groups -OCH3 is 1. The molecule has 0 saturated heterocycles. The highest BCUT2D eigenvalue weighted by atomic mass is 16.5. The fraction of sp³-hybridized carbons (Fsp3) is 0.222. The zero-order chi connectivity index (χ0) is 16.5. The maximum Gasteiger partial charge on any atom is 0.269 e. The number of aromatic nitrogens is 4. The molecule has 120 valence electrons. The van der Waals surface area contributed by atoms with E-state index in [1.807, 2.05) is 24.3 Å². The molecule has 1 unspecified atom stereocenters. The molecule has 1 atom stereocenters. The van der Waals surface area contributed by atoms with E-state index in [2.05, 4.69) is 51.7 Å². The first-order valence-corrected chi connectivity index (χ1v) is 7.81. The number of hydrogen-bond acceptors (Lipinski definition) is 5. The van der Waals surface area contributed by atoms with E-state index in [-0.39, 0.29) is 6.04 Å². The van der Waals surface area contributed by atoms with E-state index in [1.165, 1.54) is 11.1 Å². The van der Waals surface area contributed by atoms with Gasteiger partial charge in [0.1, 0.15) is 5.75 Å². The Morgan fingerprint density at radius 3 is 2.71 bits per heavy atom. The molecule has 2 aromatic carbocycles. The summed E-state index contributed by atoms with van der Waals surface area (Å²) < 4.78 is 7.02. The molecule has 0 saturated carbocycles. The first kappa shape index (κ1) is 14.6. The summed E-state index contributed by atoms with van der Waals surface area (Å²) in [7, 11) is 1.66. The van der Waals surface area contributed by atoms with Crippen LogP contribution in [-0.2, 0) is 0 Å². The third kappa shape index (κ3) is 2.56. The van der Waals surface area contributed by atoms with Gasteiger partial charge in [0.25, 0.3) is 5.95 Å². The first-order chi connectivity index (χ1) is 11.7. The van der Waals surface area contributed by atoms with Gasteiger partial charge in [-0.25, -0.2) is 9.67 Å². The second kappa shape index (κ2) is 5.88. The lowest BCUT2D eigenvalue weighted by molar-refractivity contribution is 0.415. The van der Waals surface area contributed by atoms with E-state index in [0.29, 0.717) is 5.95 Å². The summed E-state index contributed by atoms with van der Waals surface area (Å²) in [6.45, 7) is 2.09. The molecule has 0 amide bonds. The van der Waals surface area contributed by atoms with Crippen molar-refractivity contribution in [3.05, 3.63) is 65.2 Å². The van der Waals surface area contributed by atoms with E-state index < -0.39 is 0 Å². The van der Waals surface area contributed by atoms with Gasteiger partial charge < -0.3 is 4.74 Å². The number of fused-ring (bicyclic) bond motifs is 1. The second-order valence-electron chi connectivity index (χ2n) is 5.84. The van der Waals surface area contributed by atoms with Gasteiger partial charge in [0.2, 0.25) is 0 Å². The number of nitrogens with zero attached hydrogens (tertiary/aromatic N) is 5. The number of ether oxygens (including phenoxy) is 1. The smallest absolute Gasteiger partial charge is 0.269 e. The predicted molar refractivity (Wildman–Crippen MR) is 90.9 cm³/mol. The van der Waals surface area contributed by atoms with Crippen LogP contribution in [0.4, 0.5) is 5.95 Å². The average molecular weight is 319 g/mol. The lowest BCUT2D eigenvalue weighted by Gasteiger charge is -2.23. The monoisotopic (exact) mass is 319 g/mol. The van der Waals surface area contributed by atoms with Crippen molar-refractivity contribution in [1.29, 1.82) is 0 Å². The molecular weight excluding hydrogens is 302 g/mol. The first-order valence-electron chi connectivity index (χ1n) is 7.81. The fourth-order valence-electron chi connectivity index (χ4n) is 3.00. The van der Waals surface area contributed by atoms with Gasteiger partial charge in [-0.15, -0.1) is 0 Å². The predicted octanol–water partition coefficient (Wildman–Crippen LogP) is 3.10. The normalized spacial score (nSPS) is 16.4. The lowest BCUT2D eigenvalue weighted by Crippen LogP contribution is -2.21. The summed E-state index contributed by atoms with van der Waals surface area (Å²) in [5.41, 5.74) is 4.44. The SMILES string of the molecule is COc1ccc(C2=Nc3nnnn3C(c3cccc(C)c3)C2)cc1. The molecule has 6 heteroatoms. The van der Waals surface area contributed by atoms with Crippen LogP contribution in [0.25, 0.3) is 0 Å². The van der Waals surface area contributed by atoms with Crippen LogP contribution < -0.4 is 4.74 Å². The van der Waals surface area contributed by atoms with Crippen molar-refractivity contribution in [2.24, 2.45) is 4.99 Å². The summed E-state index contributed by atoms with van der Waals surface area (Å²) in [4.78, 5) is 4.63. The van der Waals surface area contributed by atoms with E-state index in [9.17, 15) is 0 Å². The van der Waals surface area contributed by atoms with Crippen molar-refractivity contribution in [2.75, 3.05) is 7.11 Å². The molecular formula is C18H17N5O. The van der Waals surface area contributed by atoms with Gasteiger partial charge in [-0.2, -0.15) is 0 Å². The maximum absolute atomic E-state index is 5.23. The zero-order valence-corrected chi connectivity index (χ0v) is 13.5. The van der Waals surface area contributed by atoms with Crippen LogP contribution in [0.1, 0.15) is 29.2 Å². The Labute approximate surface area is 139 Å². The van der Waals surface area contributed by atoms with Crippen molar-refractivity contribution in [2.45, 2.75) is 19.4 Å². The topological polar surface area (TPSA) is 65.2 Å². The molecule has 1 aromatic heterocycles. The van der Waals surface area contributed by atoms with Crippen LogP contribution in [0.3, 0.4) is 0 Å². The Morgan fingerprint density at radius 1 is 1.12 bits per heavy atom. The Balaban J connectivity index is 1.75. The van der Waals surface area contributed by atoms with Gasteiger partial charge in [0.15, 0.2) is 0 Å². The highest BCUT2D eigenvalue weighted by molar-refractivity contribution is 6.02. The van der Waals surface area contributed by atoms with Gasteiger partial charge >= 0.3 is 0 Å². The molecule has 0 aliphatic carbocycles. The summed E-state index contributed by atoms with van der Waals surface area (Å²) in [6, 6.07) is 16.4. The molecule has 0 spiro atoms. The van der Waals surface area contributed by atoms with Crippen molar-refractivity contribution < 1.29 is 4.74 Å². The number of tetrazole rings is 1. The summed E-state index contributed by atoms with van der Waals surface area (Å²) >= 11 is 0. The van der Waals surface area contributed by atoms with Crippen LogP contribution in [0.5, 0.6) is 5.75 Å². The minimum absolute atomic E-state index is 0.0458. The van der Waals surface area contributed by atoms with Gasteiger partial charge in [0, 0.05) is 6.42 Å². The average Bonchev–Trinajstić information content (AvgIpc) is 3.09. The second-order valence-corrected chi connectivity index (χ2v) is 5.84. The van der Waals surface area contributed by atoms with Crippen LogP contribution in [0.15, 0.2) is 53.5 Å². The molecule has 2 heterocycles. The number of aryl methyl sites for hydroxylation is 1. The number of benzene rings is 2. The summed E-state index contributed by atoms with van der Waals surface area (Å²) in [5, 5.41) is 12.0. The molecule has 0 bridgehead atoms. The van der Waals surface area contributed by atoms with Gasteiger partial charge in [0.05, 0.1) is 18.9 Å². The Hall–Kier alpha value is -3.02. The number of hydrogen-bond donors (Lipinski definition) is 0. The molecule has 0 fully saturated rings. The number of aliphatic imine (C=N–C) groups is 1. The summed E-state index contributed by atoms with van der Waals surface area (Å²) in [6.07, 6.45) is 0.744. The fourth-order valence-corrected chi connectivity index (χ4v) is 3.00. The van der Waals surface area contributed by atoms with Crippen molar-refractivity contribution in [3.8, 4) is 5.75 Å². The molecule has 1 aliphatic heterocycles. The van der Waals surface area contributed by atoms with Crippen LogP contribution >= 0.6 is 0 Å². The number of rotatable bonds is 3. The van der Waals surface area contributed by atoms with Crippen molar-refractivity contribution >= 4 is 11.7 Å². The van der Waals surface area contributed by atoms with Crippen LogP contribution in [0.2, 0.25) is 0 Å². The molecule has 3 aromatic rings. The van der Waals surface area contributed by atoms with E-state index in [0.717, 1.165) is 23.4 Å². The van der Waals surface area contributed by atoms with E-state index in [1.54, 1.807) is 11.8 Å². The maximum atomic E-state index is 5.23. The van der Waals surface area contributed by atoms with Gasteiger partial charge in [-0.3, -0.25) is 0 Å². The highest BCUT2D eigenvalue weighted by Gasteiger charge is 2.26. The highest BCUT2D eigenvalue weighted by Crippen LogP contribution is 2.32. The third-order valence-electron chi connectivity index (χ3n) is 4.24. The molecule has 24 heavy (non-hydrogen) atoms. The van der Waals surface area contributed by atoms with E-state index in [4.69, 9.17) is 4.74 Å².